The number of ketones is 1. The van der Waals surface area contributed by atoms with Crippen LogP contribution in [0.3, 0.4) is 0 Å². The Morgan fingerprint density at radius 1 is 0.682 bits per heavy atom. The molecule has 0 aliphatic heterocycles. The third kappa shape index (κ3) is 19.1. The Balaban J connectivity index is 3.15. The molecule has 0 N–H and O–H groups in total. The average molecular weight is 307 g/mol. The van der Waals surface area contributed by atoms with Crippen LogP contribution in [0.1, 0.15) is 104 Å². The molecule has 0 saturated heterocycles. The van der Waals surface area contributed by atoms with Crippen LogP contribution >= 0.6 is 0 Å². The molecule has 0 fully saturated rings. The van der Waals surface area contributed by atoms with Crippen molar-refractivity contribution in [3.05, 3.63) is 24.3 Å². The first-order chi connectivity index (χ1) is 10.8. The average Bonchev–Trinajstić information content (AvgIpc) is 2.50. The van der Waals surface area contributed by atoms with Crippen LogP contribution in [-0.2, 0) is 4.79 Å². The van der Waals surface area contributed by atoms with Crippen LogP contribution in [0.25, 0.3) is 0 Å². The van der Waals surface area contributed by atoms with E-state index in [0.29, 0.717) is 5.78 Å². The fourth-order valence-corrected chi connectivity index (χ4v) is 2.54. The number of hydrogen-bond acceptors (Lipinski definition) is 1. The molecule has 0 bridgehead atoms. The van der Waals surface area contributed by atoms with Crippen molar-refractivity contribution in [1.29, 1.82) is 0 Å². The molecule has 1 nitrogen and oxygen atoms in total. The molecule has 0 aromatic rings. The van der Waals surface area contributed by atoms with Crippen LogP contribution in [0, 0.1) is 0 Å². The molecular weight excluding hydrogens is 268 g/mol. The fourth-order valence-electron chi connectivity index (χ4n) is 2.54. The summed E-state index contributed by atoms with van der Waals surface area (Å²) in [6.45, 7) is 3.94. The number of carbonyl (C=O) groups is 1. The molecule has 0 rings (SSSR count). The van der Waals surface area contributed by atoms with E-state index >= 15 is 0 Å². The molecular formula is C21H38O. The van der Waals surface area contributed by atoms with E-state index in [4.69, 9.17) is 0 Å². The molecule has 22 heavy (non-hydrogen) atoms. The molecule has 0 unspecified atom stereocenters. The summed E-state index contributed by atoms with van der Waals surface area (Å²) < 4.78 is 0. The van der Waals surface area contributed by atoms with Crippen molar-refractivity contribution in [2.24, 2.45) is 0 Å². The maximum atomic E-state index is 10.8. The van der Waals surface area contributed by atoms with Gasteiger partial charge < -0.3 is 4.79 Å². The maximum Gasteiger partial charge on any atom is 0.129 e. The SMILES string of the molecule is CCCCCC=CCC=CCCCCCCCCCC(C)=O. The van der Waals surface area contributed by atoms with Gasteiger partial charge in [-0.25, -0.2) is 0 Å². The van der Waals surface area contributed by atoms with E-state index in [0.717, 1.165) is 19.3 Å². The zero-order valence-corrected chi connectivity index (χ0v) is 15.1. The van der Waals surface area contributed by atoms with Gasteiger partial charge in [0.15, 0.2) is 0 Å². The normalized spacial score (nSPS) is 11.7. The zero-order valence-electron chi connectivity index (χ0n) is 15.1. The molecule has 1 heteroatoms. The van der Waals surface area contributed by atoms with Gasteiger partial charge in [-0.2, -0.15) is 0 Å². The molecule has 0 atom stereocenters. The van der Waals surface area contributed by atoms with Gasteiger partial charge in [0, 0.05) is 6.42 Å². The summed E-state index contributed by atoms with van der Waals surface area (Å²) in [5.41, 5.74) is 0. The number of rotatable bonds is 16. The van der Waals surface area contributed by atoms with Crippen LogP contribution in [0.5, 0.6) is 0 Å². The van der Waals surface area contributed by atoms with Gasteiger partial charge >= 0.3 is 0 Å². The smallest absolute Gasteiger partial charge is 0.129 e. The summed E-state index contributed by atoms with van der Waals surface area (Å²) in [7, 11) is 0. The first kappa shape index (κ1) is 21.1. The summed E-state index contributed by atoms with van der Waals surface area (Å²) in [6.07, 6.45) is 26.6. The highest BCUT2D eigenvalue weighted by atomic mass is 16.1. The van der Waals surface area contributed by atoms with Gasteiger partial charge in [0.05, 0.1) is 0 Å². The minimum absolute atomic E-state index is 0.336. The Hall–Kier alpha value is -0.850. The predicted octanol–water partition coefficient (Wildman–Crippen LogP) is 7.17. The van der Waals surface area contributed by atoms with Gasteiger partial charge in [-0.1, -0.05) is 76.2 Å². The van der Waals surface area contributed by atoms with E-state index in [2.05, 4.69) is 31.2 Å². The van der Waals surface area contributed by atoms with Crippen molar-refractivity contribution in [1.82, 2.24) is 0 Å². The zero-order chi connectivity index (χ0) is 16.3. The van der Waals surface area contributed by atoms with E-state index < -0.39 is 0 Å². The monoisotopic (exact) mass is 306 g/mol. The Morgan fingerprint density at radius 3 is 1.73 bits per heavy atom. The number of Topliss-reactive ketones (excluding diaryl/α,β-unsaturated/α-hetero) is 1. The Kier molecular flexibility index (Phi) is 17.5. The Bertz CT molecular complexity index is 288. The van der Waals surface area contributed by atoms with E-state index in [1.807, 2.05) is 0 Å². The van der Waals surface area contributed by atoms with Gasteiger partial charge in [-0.05, 0) is 45.4 Å². The van der Waals surface area contributed by atoms with Gasteiger partial charge in [0.2, 0.25) is 0 Å². The molecule has 0 aromatic carbocycles. The Labute approximate surface area is 139 Å². The van der Waals surface area contributed by atoms with Crippen LogP contribution in [0.15, 0.2) is 24.3 Å². The van der Waals surface area contributed by atoms with E-state index in [-0.39, 0.29) is 0 Å². The lowest BCUT2D eigenvalue weighted by atomic mass is 10.1. The third-order valence-electron chi connectivity index (χ3n) is 3.98. The first-order valence-corrected chi connectivity index (χ1v) is 9.56. The van der Waals surface area contributed by atoms with Crippen molar-refractivity contribution in [3.63, 3.8) is 0 Å². The number of hydrogen-bond donors (Lipinski definition) is 0. The van der Waals surface area contributed by atoms with Crippen LogP contribution < -0.4 is 0 Å². The summed E-state index contributed by atoms with van der Waals surface area (Å²) in [4.78, 5) is 10.8. The van der Waals surface area contributed by atoms with Crippen molar-refractivity contribution in [2.45, 2.75) is 104 Å². The third-order valence-corrected chi connectivity index (χ3v) is 3.98. The van der Waals surface area contributed by atoms with Crippen molar-refractivity contribution in [3.8, 4) is 0 Å². The molecule has 0 saturated carbocycles. The molecule has 128 valence electrons. The topological polar surface area (TPSA) is 17.1 Å². The highest BCUT2D eigenvalue weighted by Gasteiger charge is 1.94. The number of unbranched alkanes of at least 4 members (excludes halogenated alkanes) is 10. The molecule has 0 radical (unpaired) electrons. The maximum absolute atomic E-state index is 10.8. The highest BCUT2D eigenvalue weighted by Crippen LogP contribution is 2.10. The molecule has 0 aliphatic carbocycles. The second-order valence-electron chi connectivity index (χ2n) is 6.39. The molecule has 0 amide bonds. The van der Waals surface area contributed by atoms with Gasteiger partial charge in [0.1, 0.15) is 5.78 Å². The standard InChI is InChI=1S/C21H38O/c1-3-4-5-6-7-8-9-10-11-12-13-14-15-16-17-18-19-20-21(2)22/h7-8,10-11H,3-6,9,12-20H2,1-2H3. The predicted molar refractivity (Wildman–Crippen MR) is 99.3 cm³/mol. The van der Waals surface area contributed by atoms with Crippen LogP contribution in [0.2, 0.25) is 0 Å². The van der Waals surface area contributed by atoms with Crippen LogP contribution in [-0.4, -0.2) is 5.78 Å². The van der Waals surface area contributed by atoms with Gasteiger partial charge in [0.25, 0.3) is 0 Å². The summed E-state index contributed by atoms with van der Waals surface area (Å²) >= 11 is 0. The molecule has 0 spiro atoms. The summed E-state index contributed by atoms with van der Waals surface area (Å²) in [5.74, 6) is 0.336. The van der Waals surface area contributed by atoms with Crippen molar-refractivity contribution in [2.75, 3.05) is 0 Å². The quantitative estimate of drug-likeness (QED) is 0.218. The van der Waals surface area contributed by atoms with E-state index in [9.17, 15) is 4.79 Å². The van der Waals surface area contributed by atoms with Crippen molar-refractivity contribution < 1.29 is 4.79 Å². The molecule has 0 heterocycles. The minimum Gasteiger partial charge on any atom is -0.300 e. The van der Waals surface area contributed by atoms with Crippen molar-refractivity contribution >= 4 is 5.78 Å². The number of carbonyl (C=O) groups excluding carboxylic acids is 1. The summed E-state index contributed by atoms with van der Waals surface area (Å²) in [6, 6.07) is 0. The molecule has 0 aliphatic rings. The fraction of sp³-hybridized carbons (Fsp3) is 0.762. The lowest BCUT2D eigenvalue weighted by Gasteiger charge is -2.00. The van der Waals surface area contributed by atoms with E-state index in [1.165, 1.54) is 70.6 Å². The largest absolute Gasteiger partial charge is 0.300 e. The minimum atomic E-state index is 0.336. The second-order valence-corrected chi connectivity index (χ2v) is 6.39. The van der Waals surface area contributed by atoms with E-state index in [1.54, 1.807) is 6.92 Å². The van der Waals surface area contributed by atoms with Gasteiger partial charge in [-0.3, -0.25) is 0 Å². The van der Waals surface area contributed by atoms with Crippen LogP contribution in [0.4, 0.5) is 0 Å². The lowest BCUT2D eigenvalue weighted by Crippen LogP contribution is -1.89. The summed E-state index contributed by atoms with van der Waals surface area (Å²) in [5, 5.41) is 0. The highest BCUT2D eigenvalue weighted by molar-refractivity contribution is 5.75. The first-order valence-electron chi connectivity index (χ1n) is 9.56. The van der Waals surface area contributed by atoms with Gasteiger partial charge in [-0.15, -0.1) is 0 Å². The Morgan fingerprint density at radius 2 is 1.18 bits per heavy atom. The number of allylic oxidation sites excluding steroid dienone is 4. The lowest BCUT2D eigenvalue weighted by molar-refractivity contribution is -0.117. The molecule has 0 aromatic heterocycles. The second kappa shape index (κ2) is 18.2.